The smallest absolute Gasteiger partial charge is 0.416 e. The molecule has 0 aliphatic heterocycles. The number of carboxylic acids is 1. The van der Waals surface area contributed by atoms with E-state index in [0.717, 1.165) is 17.7 Å². The summed E-state index contributed by atoms with van der Waals surface area (Å²) in [6.45, 7) is 8.39. The van der Waals surface area contributed by atoms with Crippen molar-refractivity contribution in [3.63, 3.8) is 0 Å². The van der Waals surface area contributed by atoms with Crippen molar-refractivity contribution in [3.8, 4) is 11.4 Å². The predicted molar refractivity (Wildman–Crippen MR) is 120 cm³/mol. The van der Waals surface area contributed by atoms with Gasteiger partial charge in [-0.1, -0.05) is 19.1 Å². The van der Waals surface area contributed by atoms with Crippen molar-refractivity contribution in [1.29, 1.82) is 0 Å². The number of aliphatic carboxylic acids is 1. The lowest BCUT2D eigenvalue weighted by Crippen LogP contribution is -2.38. The third-order valence-corrected chi connectivity index (χ3v) is 5.59. The zero-order chi connectivity index (χ0) is 25.4. The fourth-order valence-corrected chi connectivity index (χ4v) is 3.70. The molecule has 10 heteroatoms. The highest BCUT2D eigenvalue weighted by molar-refractivity contribution is 5.77. The second-order valence-electron chi connectivity index (χ2n) is 8.60. The number of nitrogens with zero attached hydrogens (tertiary/aromatic N) is 3. The van der Waals surface area contributed by atoms with E-state index in [1.54, 1.807) is 13.8 Å². The number of alkyl halides is 3. The molecule has 0 spiro atoms. The lowest BCUT2D eigenvalue weighted by Gasteiger charge is -2.25. The minimum atomic E-state index is -4.47. The topological polar surface area (TPSA) is 86.3 Å². The Morgan fingerprint density at radius 3 is 2.15 bits per heavy atom. The van der Waals surface area contributed by atoms with Gasteiger partial charge in [0.15, 0.2) is 5.60 Å². The second-order valence-corrected chi connectivity index (χ2v) is 8.60. The van der Waals surface area contributed by atoms with Crippen molar-refractivity contribution in [3.05, 3.63) is 75.5 Å². The first-order valence-corrected chi connectivity index (χ1v) is 10.6. The molecule has 0 saturated heterocycles. The number of rotatable bonds is 7. The van der Waals surface area contributed by atoms with Crippen LogP contribution in [0.4, 0.5) is 13.2 Å². The van der Waals surface area contributed by atoms with Gasteiger partial charge < -0.3 is 9.84 Å². The molecule has 1 unspecified atom stereocenters. The Hall–Kier alpha value is -3.56. The Labute approximate surface area is 194 Å². The van der Waals surface area contributed by atoms with Crippen molar-refractivity contribution in [1.82, 2.24) is 14.3 Å². The van der Waals surface area contributed by atoms with Crippen LogP contribution in [0.15, 0.2) is 47.5 Å². The standard InChI is InChI=1S/C24H26F3N3O4/c1-6-19(16-11-14(2)20(15(3)12-16)34-23(4,5)21(31)32)30-22(33)29(13-28-30)18-9-7-17(8-10-18)24(25,26)27/h7-13,19H,6H2,1-5H3,(H,31,32). The molecule has 0 aliphatic rings. The maximum absolute atomic E-state index is 13.1. The van der Waals surface area contributed by atoms with Gasteiger partial charge in [-0.15, -0.1) is 0 Å². The molecule has 0 radical (unpaired) electrons. The number of aryl methyl sites for hydroxylation is 2. The van der Waals surface area contributed by atoms with Crippen molar-refractivity contribution < 1.29 is 27.8 Å². The van der Waals surface area contributed by atoms with E-state index in [-0.39, 0.29) is 5.69 Å². The Morgan fingerprint density at radius 2 is 1.68 bits per heavy atom. The summed E-state index contributed by atoms with van der Waals surface area (Å²) in [5.41, 5.74) is -0.255. The lowest BCUT2D eigenvalue weighted by molar-refractivity contribution is -0.152. The van der Waals surface area contributed by atoms with E-state index in [2.05, 4.69) is 5.10 Å². The van der Waals surface area contributed by atoms with Crippen LogP contribution >= 0.6 is 0 Å². The molecule has 0 bridgehead atoms. The molecule has 3 aromatic rings. The maximum Gasteiger partial charge on any atom is 0.416 e. The number of aromatic nitrogens is 3. The minimum Gasteiger partial charge on any atom is -0.478 e. The van der Waals surface area contributed by atoms with E-state index < -0.39 is 35.0 Å². The summed E-state index contributed by atoms with van der Waals surface area (Å²) in [7, 11) is 0. The molecule has 1 aromatic heterocycles. The summed E-state index contributed by atoms with van der Waals surface area (Å²) in [4.78, 5) is 24.5. The van der Waals surface area contributed by atoms with E-state index in [1.165, 1.54) is 41.6 Å². The van der Waals surface area contributed by atoms with E-state index in [1.807, 2.05) is 19.1 Å². The molecule has 182 valence electrons. The van der Waals surface area contributed by atoms with Crippen LogP contribution in [0.1, 0.15) is 55.5 Å². The zero-order valence-electron chi connectivity index (χ0n) is 19.5. The minimum absolute atomic E-state index is 0.270. The fraction of sp³-hybridized carbons (Fsp3) is 0.375. The number of halogens is 3. The molecule has 0 amide bonds. The SMILES string of the molecule is CCC(c1cc(C)c(OC(C)(C)C(=O)O)c(C)c1)n1ncn(-c2ccc(C(F)(F)F)cc2)c1=O. The lowest BCUT2D eigenvalue weighted by atomic mass is 9.98. The van der Waals surface area contributed by atoms with Crippen LogP contribution in [-0.4, -0.2) is 31.0 Å². The summed E-state index contributed by atoms with van der Waals surface area (Å²) in [5.74, 6) is -0.643. The molecule has 0 aliphatic carbocycles. The summed E-state index contributed by atoms with van der Waals surface area (Å²) >= 11 is 0. The largest absolute Gasteiger partial charge is 0.478 e. The zero-order valence-corrected chi connectivity index (χ0v) is 19.5. The molecular formula is C24H26F3N3O4. The van der Waals surface area contributed by atoms with E-state index in [9.17, 15) is 27.9 Å². The van der Waals surface area contributed by atoms with Crippen LogP contribution < -0.4 is 10.4 Å². The molecular weight excluding hydrogens is 451 g/mol. The number of carboxylic acid groups (broad SMARTS) is 1. The Kier molecular flexibility index (Phi) is 6.64. The highest BCUT2D eigenvalue weighted by Gasteiger charge is 2.31. The number of ether oxygens (including phenoxy) is 1. The molecule has 7 nitrogen and oxygen atoms in total. The molecule has 0 fully saturated rings. The number of hydrogen-bond donors (Lipinski definition) is 1. The summed E-state index contributed by atoms with van der Waals surface area (Å²) in [6.07, 6.45) is -2.67. The predicted octanol–water partition coefficient (Wildman–Crippen LogP) is 4.91. The van der Waals surface area contributed by atoms with Crippen molar-refractivity contribution in [2.75, 3.05) is 0 Å². The van der Waals surface area contributed by atoms with Gasteiger partial charge in [-0.05, 0) is 75.1 Å². The van der Waals surface area contributed by atoms with Gasteiger partial charge in [0.05, 0.1) is 17.3 Å². The molecule has 2 aromatic carbocycles. The molecule has 1 atom stereocenters. The van der Waals surface area contributed by atoms with Gasteiger partial charge in [0.25, 0.3) is 0 Å². The first-order valence-electron chi connectivity index (χ1n) is 10.6. The number of hydrogen-bond acceptors (Lipinski definition) is 4. The third-order valence-electron chi connectivity index (χ3n) is 5.59. The quantitative estimate of drug-likeness (QED) is 0.523. The number of benzene rings is 2. The van der Waals surface area contributed by atoms with Gasteiger partial charge in [0.1, 0.15) is 12.1 Å². The normalized spacial score (nSPS) is 13.1. The highest BCUT2D eigenvalue weighted by Crippen LogP contribution is 2.32. The van der Waals surface area contributed by atoms with E-state index in [0.29, 0.717) is 23.3 Å². The fourth-order valence-electron chi connectivity index (χ4n) is 3.70. The summed E-state index contributed by atoms with van der Waals surface area (Å²) < 4.78 is 46.8. The maximum atomic E-state index is 13.1. The monoisotopic (exact) mass is 477 g/mol. The van der Waals surface area contributed by atoms with Crippen LogP contribution in [0.25, 0.3) is 5.69 Å². The van der Waals surface area contributed by atoms with Gasteiger partial charge in [0.2, 0.25) is 0 Å². The third kappa shape index (κ3) is 4.85. The van der Waals surface area contributed by atoms with E-state index in [4.69, 9.17) is 4.74 Å². The van der Waals surface area contributed by atoms with Crippen LogP contribution in [0.2, 0.25) is 0 Å². The van der Waals surface area contributed by atoms with Crippen LogP contribution in [0.3, 0.4) is 0 Å². The van der Waals surface area contributed by atoms with Gasteiger partial charge in [-0.25, -0.2) is 18.8 Å². The molecule has 1 N–H and O–H groups in total. The first-order chi connectivity index (χ1) is 15.8. The average molecular weight is 477 g/mol. The molecule has 34 heavy (non-hydrogen) atoms. The van der Waals surface area contributed by atoms with Crippen molar-refractivity contribution >= 4 is 5.97 Å². The van der Waals surface area contributed by atoms with Gasteiger partial charge in [-0.3, -0.25) is 0 Å². The van der Waals surface area contributed by atoms with Crippen molar-refractivity contribution in [2.24, 2.45) is 0 Å². The summed E-state index contributed by atoms with van der Waals surface area (Å²) in [6, 6.07) is 7.47. The van der Waals surface area contributed by atoms with Gasteiger partial charge >= 0.3 is 17.8 Å². The van der Waals surface area contributed by atoms with Gasteiger partial charge in [-0.2, -0.15) is 18.3 Å². The Morgan fingerprint density at radius 1 is 1.12 bits per heavy atom. The molecule has 3 rings (SSSR count). The number of carbonyl (C=O) groups is 1. The highest BCUT2D eigenvalue weighted by atomic mass is 19.4. The second kappa shape index (κ2) is 9.00. The molecule has 1 heterocycles. The van der Waals surface area contributed by atoms with Gasteiger partial charge in [0, 0.05) is 0 Å². The first kappa shape index (κ1) is 25.1. The van der Waals surface area contributed by atoms with Crippen LogP contribution in [-0.2, 0) is 11.0 Å². The van der Waals surface area contributed by atoms with Crippen molar-refractivity contribution in [2.45, 2.75) is 58.9 Å². The Balaban J connectivity index is 1.97. The Bertz CT molecular complexity index is 1230. The molecule has 0 saturated carbocycles. The van der Waals surface area contributed by atoms with Crippen LogP contribution in [0, 0.1) is 13.8 Å². The average Bonchev–Trinajstić information content (AvgIpc) is 3.12. The van der Waals surface area contributed by atoms with Crippen LogP contribution in [0.5, 0.6) is 5.75 Å². The van der Waals surface area contributed by atoms with E-state index >= 15 is 0 Å². The summed E-state index contributed by atoms with van der Waals surface area (Å²) in [5, 5.41) is 13.6.